The molecule has 3 aliphatic carbocycles. The summed E-state index contributed by atoms with van der Waals surface area (Å²) in [5, 5.41) is 10.2. The Morgan fingerprint density at radius 1 is 1.06 bits per heavy atom. The first-order valence-electron chi connectivity index (χ1n) is 7.06. The summed E-state index contributed by atoms with van der Waals surface area (Å²) in [6, 6.07) is 0. The minimum absolute atomic E-state index is 0.0481. The van der Waals surface area contributed by atoms with Crippen LogP contribution < -0.4 is 0 Å². The number of fused-ring (bicyclic) bond motifs is 3. The maximum Gasteiger partial charge on any atom is 0.192 e. The Bertz CT molecular complexity index is 282. The van der Waals surface area contributed by atoms with Gasteiger partial charge in [0.05, 0.1) is 6.10 Å². The van der Waals surface area contributed by atoms with Crippen LogP contribution in [0.3, 0.4) is 0 Å². The van der Waals surface area contributed by atoms with E-state index in [1.807, 2.05) is 0 Å². The highest BCUT2D eigenvalue weighted by molar-refractivity contribution is 6.74. The summed E-state index contributed by atoms with van der Waals surface area (Å²) in [6.45, 7) is 11.6. The molecule has 3 saturated carbocycles. The van der Waals surface area contributed by atoms with Gasteiger partial charge in [-0.1, -0.05) is 20.8 Å². The lowest BCUT2D eigenvalue weighted by atomic mass is 9.67. The summed E-state index contributed by atoms with van der Waals surface area (Å²) in [7, 11) is -1.63. The Morgan fingerprint density at radius 2 is 1.65 bits per heavy atom. The van der Waals surface area contributed by atoms with Crippen molar-refractivity contribution in [3.8, 4) is 0 Å². The van der Waals surface area contributed by atoms with E-state index in [4.69, 9.17) is 4.43 Å². The van der Waals surface area contributed by atoms with Gasteiger partial charge in [-0.05, 0) is 55.7 Å². The molecule has 17 heavy (non-hydrogen) atoms. The van der Waals surface area contributed by atoms with E-state index in [-0.39, 0.29) is 6.10 Å². The quantitative estimate of drug-likeness (QED) is 0.766. The fourth-order valence-electron chi connectivity index (χ4n) is 3.04. The summed E-state index contributed by atoms with van der Waals surface area (Å²) < 4.78 is 6.55. The van der Waals surface area contributed by atoms with E-state index >= 15 is 0 Å². The van der Waals surface area contributed by atoms with E-state index in [0.717, 1.165) is 12.8 Å². The number of hydrogen-bond donors (Lipinski definition) is 1. The van der Waals surface area contributed by atoms with Crippen molar-refractivity contribution in [3.63, 3.8) is 0 Å². The minimum Gasteiger partial charge on any atom is -0.414 e. The lowest BCUT2D eigenvalue weighted by molar-refractivity contribution is -0.0660. The van der Waals surface area contributed by atoms with Crippen LogP contribution in [0.25, 0.3) is 0 Å². The second-order valence-corrected chi connectivity index (χ2v) is 12.3. The molecule has 3 heteroatoms. The Balaban J connectivity index is 2.02. The van der Waals surface area contributed by atoms with Crippen molar-refractivity contribution in [2.24, 2.45) is 11.8 Å². The third-order valence-corrected chi connectivity index (χ3v) is 9.81. The average molecular weight is 256 g/mol. The standard InChI is InChI=1S/C14H28O2Si/c1-14(2,3)17(4,5)16-13-9-10-6-7-11(13)8-12(10)15/h10-13,15H,6-9H2,1-5H3/t10-,11-,12-,13-/m0/s1. The van der Waals surface area contributed by atoms with Crippen molar-refractivity contribution in [1.82, 2.24) is 0 Å². The Morgan fingerprint density at radius 3 is 2.06 bits per heavy atom. The van der Waals surface area contributed by atoms with Crippen molar-refractivity contribution in [1.29, 1.82) is 0 Å². The van der Waals surface area contributed by atoms with E-state index in [2.05, 4.69) is 33.9 Å². The molecule has 0 radical (unpaired) electrons. The molecule has 0 aliphatic heterocycles. The molecule has 0 aromatic carbocycles. The molecule has 0 unspecified atom stereocenters. The van der Waals surface area contributed by atoms with Crippen LogP contribution in [0.1, 0.15) is 46.5 Å². The molecule has 3 fully saturated rings. The van der Waals surface area contributed by atoms with Crippen LogP contribution in [0.15, 0.2) is 0 Å². The van der Waals surface area contributed by atoms with Crippen molar-refractivity contribution < 1.29 is 9.53 Å². The first kappa shape index (κ1) is 13.6. The molecule has 0 saturated heterocycles. The van der Waals surface area contributed by atoms with E-state index < -0.39 is 8.32 Å². The molecule has 2 nitrogen and oxygen atoms in total. The maximum absolute atomic E-state index is 9.93. The fourth-order valence-corrected chi connectivity index (χ4v) is 4.44. The molecule has 2 bridgehead atoms. The number of hydrogen-bond acceptors (Lipinski definition) is 2. The zero-order valence-corrected chi connectivity index (χ0v) is 13.0. The van der Waals surface area contributed by atoms with Gasteiger partial charge in [0.1, 0.15) is 0 Å². The van der Waals surface area contributed by atoms with Crippen molar-refractivity contribution in [3.05, 3.63) is 0 Å². The van der Waals surface area contributed by atoms with Gasteiger partial charge in [-0.3, -0.25) is 0 Å². The topological polar surface area (TPSA) is 29.5 Å². The molecule has 3 rings (SSSR count). The molecular weight excluding hydrogens is 228 g/mol. The molecule has 0 heterocycles. The van der Waals surface area contributed by atoms with Gasteiger partial charge < -0.3 is 9.53 Å². The molecule has 0 amide bonds. The van der Waals surface area contributed by atoms with Crippen LogP contribution in [0.5, 0.6) is 0 Å². The number of aliphatic hydroxyl groups excluding tert-OH is 1. The monoisotopic (exact) mass is 256 g/mol. The minimum atomic E-state index is -1.63. The maximum atomic E-state index is 9.93. The molecule has 0 spiro atoms. The van der Waals surface area contributed by atoms with Gasteiger partial charge in [0.15, 0.2) is 8.32 Å². The van der Waals surface area contributed by atoms with Crippen molar-refractivity contribution in [2.75, 3.05) is 0 Å². The lowest BCUT2D eigenvalue weighted by Crippen LogP contribution is -2.51. The Hall–Kier alpha value is 0.137. The van der Waals surface area contributed by atoms with Gasteiger partial charge in [0, 0.05) is 6.10 Å². The molecule has 3 aliphatic rings. The highest BCUT2D eigenvalue weighted by atomic mass is 28.4. The van der Waals surface area contributed by atoms with Crippen LogP contribution in [0.2, 0.25) is 18.1 Å². The normalized spacial score (nSPS) is 38.5. The third-order valence-electron chi connectivity index (χ3n) is 5.31. The van der Waals surface area contributed by atoms with Gasteiger partial charge in [0.2, 0.25) is 0 Å². The van der Waals surface area contributed by atoms with Crippen LogP contribution in [-0.4, -0.2) is 25.6 Å². The van der Waals surface area contributed by atoms with Gasteiger partial charge >= 0.3 is 0 Å². The first-order chi connectivity index (χ1) is 7.71. The Kier molecular flexibility index (Phi) is 3.48. The van der Waals surface area contributed by atoms with Gasteiger partial charge in [-0.25, -0.2) is 0 Å². The van der Waals surface area contributed by atoms with Crippen LogP contribution in [0, 0.1) is 11.8 Å². The predicted octanol–water partition coefficient (Wildman–Crippen LogP) is 3.56. The first-order valence-corrected chi connectivity index (χ1v) is 9.97. The zero-order valence-electron chi connectivity index (χ0n) is 12.0. The van der Waals surface area contributed by atoms with Crippen LogP contribution >= 0.6 is 0 Å². The molecule has 0 aromatic heterocycles. The molecule has 1 N–H and O–H groups in total. The summed E-state index contributed by atoms with van der Waals surface area (Å²) in [6.07, 6.45) is 4.93. The van der Waals surface area contributed by atoms with E-state index in [1.54, 1.807) is 0 Å². The fraction of sp³-hybridized carbons (Fsp3) is 1.00. The van der Waals surface area contributed by atoms with Crippen LogP contribution in [0.4, 0.5) is 0 Å². The molecular formula is C14H28O2Si. The number of aliphatic hydroxyl groups is 1. The van der Waals surface area contributed by atoms with E-state index in [9.17, 15) is 5.11 Å². The second-order valence-electron chi connectivity index (χ2n) is 7.55. The summed E-state index contributed by atoms with van der Waals surface area (Å²) in [4.78, 5) is 0. The zero-order chi connectivity index (χ0) is 12.8. The van der Waals surface area contributed by atoms with Crippen LogP contribution in [-0.2, 0) is 4.43 Å². The third kappa shape index (κ3) is 2.61. The van der Waals surface area contributed by atoms with Crippen molar-refractivity contribution in [2.45, 2.75) is 76.8 Å². The summed E-state index contributed by atoms with van der Waals surface area (Å²) >= 11 is 0. The Labute approximate surface area is 107 Å². The van der Waals surface area contributed by atoms with Crippen molar-refractivity contribution >= 4 is 8.32 Å². The number of rotatable bonds is 2. The van der Waals surface area contributed by atoms with E-state index in [1.165, 1.54) is 12.8 Å². The smallest absolute Gasteiger partial charge is 0.192 e. The second kappa shape index (κ2) is 4.36. The molecule has 100 valence electrons. The van der Waals surface area contributed by atoms with Gasteiger partial charge in [0.25, 0.3) is 0 Å². The molecule has 0 aromatic rings. The summed E-state index contributed by atoms with van der Waals surface area (Å²) in [5.74, 6) is 1.12. The predicted molar refractivity (Wildman–Crippen MR) is 73.5 cm³/mol. The average Bonchev–Trinajstić information content (AvgIpc) is 2.17. The van der Waals surface area contributed by atoms with Gasteiger partial charge in [-0.2, -0.15) is 0 Å². The largest absolute Gasteiger partial charge is 0.414 e. The highest BCUT2D eigenvalue weighted by Gasteiger charge is 2.46. The van der Waals surface area contributed by atoms with E-state index in [0.29, 0.717) is 23.0 Å². The van der Waals surface area contributed by atoms with Gasteiger partial charge in [-0.15, -0.1) is 0 Å². The summed E-state index contributed by atoms with van der Waals surface area (Å²) in [5.41, 5.74) is 0. The SMILES string of the molecule is CC(C)(C)[Si](C)(C)O[C@H]1C[C@@H]2CC[C@H]1C[C@@H]2O. The highest BCUT2D eigenvalue weighted by Crippen LogP contribution is 2.46. The molecule has 4 atom stereocenters. The lowest BCUT2D eigenvalue weighted by Gasteiger charge is -2.49.